The Morgan fingerprint density at radius 3 is 2.70 bits per heavy atom. The van der Waals surface area contributed by atoms with Gasteiger partial charge in [0.15, 0.2) is 0 Å². The molecule has 3 saturated heterocycles. The summed E-state index contributed by atoms with van der Waals surface area (Å²) in [5.74, 6) is 0.772. The molecular weight excluding hydrogens is 346 g/mol. The molecule has 0 saturated carbocycles. The minimum atomic E-state index is -0.222. The van der Waals surface area contributed by atoms with Gasteiger partial charge in [0.25, 0.3) is 0 Å². The third kappa shape index (κ3) is 4.24. The molecule has 2 atom stereocenters. The van der Waals surface area contributed by atoms with Crippen molar-refractivity contribution in [1.29, 1.82) is 0 Å². The van der Waals surface area contributed by atoms with Crippen LogP contribution >= 0.6 is 0 Å². The SMILES string of the molecule is O=C(C1CC(=O)N(C2CCOCC2)C1)N1CCCC(Oc2ccncc2)C1. The summed E-state index contributed by atoms with van der Waals surface area (Å²) in [5.41, 5.74) is 0. The van der Waals surface area contributed by atoms with Crippen LogP contribution in [0, 0.1) is 5.92 Å². The molecule has 4 rings (SSSR count). The highest BCUT2D eigenvalue weighted by Gasteiger charge is 2.40. The van der Waals surface area contributed by atoms with E-state index >= 15 is 0 Å². The molecule has 7 heteroatoms. The number of pyridine rings is 1. The van der Waals surface area contributed by atoms with Gasteiger partial charge in [-0.2, -0.15) is 0 Å². The van der Waals surface area contributed by atoms with Crippen LogP contribution in [0.3, 0.4) is 0 Å². The number of carbonyl (C=O) groups excluding carboxylic acids is 2. The van der Waals surface area contributed by atoms with E-state index in [0.717, 1.165) is 38.0 Å². The first-order valence-corrected chi connectivity index (χ1v) is 9.93. The molecule has 146 valence electrons. The van der Waals surface area contributed by atoms with E-state index in [-0.39, 0.29) is 29.9 Å². The van der Waals surface area contributed by atoms with Gasteiger partial charge in [-0.25, -0.2) is 0 Å². The Morgan fingerprint density at radius 2 is 1.93 bits per heavy atom. The van der Waals surface area contributed by atoms with Gasteiger partial charge in [0, 0.05) is 51.2 Å². The molecule has 4 heterocycles. The summed E-state index contributed by atoms with van der Waals surface area (Å²) in [6.45, 7) is 3.29. The zero-order valence-corrected chi connectivity index (χ0v) is 15.6. The van der Waals surface area contributed by atoms with Gasteiger partial charge < -0.3 is 19.3 Å². The highest BCUT2D eigenvalue weighted by molar-refractivity contribution is 5.89. The van der Waals surface area contributed by atoms with Crippen molar-refractivity contribution in [3.05, 3.63) is 24.5 Å². The summed E-state index contributed by atoms with van der Waals surface area (Å²) in [6, 6.07) is 3.90. The lowest BCUT2D eigenvalue weighted by atomic mass is 10.0. The number of piperidine rings is 1. The van der Waals surface area contributed by atoms with Crippen molar-refractivity contribution in [2.24, 2.45) is 5.92 Å². The second kappa shape index (κ2) is 8.25. The minimum Gasteiger partial charge on any atom is -0.488 e. The Hall–Kier alpha value is -2.15. The van der Waals surface area contributed by atoms with E-state index in [9.17, 15) is 9.59 Å². The maximum absolute atomic E-state index is 13.0. The van der Waals surface area contributed by atoms with Crippen molar-refractivity contribution in [1.82, 2.24) is 14.8 Å². The first kappa shape index (κ1) is 18.2. The summed E-state index contributed by atoms with van der Waals surface area (Å²) >= 11 is 0. The van der Waals surface area contributed by atoms with Crippen molar-refractivity contribution in [2.75, 3.05) is 32.8 Å². The molecule has 0 N–H and O–H groups in total. The fourth-order valence-corrected chi connectivity index (χ4v) is 4.35. The van der Waals surface area contributed by atoms with Crippen LogP contribution in [0.2, 0.25) is 0 Å². The molecule has 0 radical (unpaired) electrons. The summed E-state index contributed by atoms with van der Waals surface area (Å²) in [5, 5.41) is 0. The molecule has 0 aliphatic carbocycles. The minimum absolute atomic E-state index is 0.00574. The molecule has 2 amide bonds. The summed E-state index contributed by atoms with van der Waals surface area (Å²) in [7, 11) is 0. The monoisotopic (exact) mass is 373 g/mol. The van der Waals surface area contributed by atoms with Crippen molar-refractivity contribution in [3.63, 3.8) is 0 Å². The summed E-state index contributed by atoms with van der Waals surface area (Å²) < 4.78 is 11.4. The summed E-state index contributed by atoms with van der Waals surface area (Å²) in [4.78, 5) is 33.3. The Kier molecular flexibility index (Phi) is 5.57. The lowest BCUT2D eigenvalue weighted by Gasteiger charge is -2.35. The van der Waals surface area contributed by atoms with Gasteiger partial charge in [-0.15, -0.1) is 0 Å². The van der Waals surface area contributed by atoms with Gasteiger partial charge in [-0.05, 0) is 37.8 Å². The number of rotatable bonds is 4. The third-order valence-corrected chi connectivity index (χ3v) is 5.78. The van der Waals surface area contributed by atoms with Crippen LogP contribution in [0.15, 0.2) is 24.5 Å². The molecule has 1 aromatic rings. The second-order valence-corrected chi connectivity index (χ2v) is 7.64. The number of ether oxygens (including phenoxy) is 2. The first-order chi connectivity index (χ1) is 13.2. The number of hydrogen-bond acceptors (Lipinski definition) is 5. The average Bonchev–Trinajstić information content (AvgIpc) is 3.11. The van der Waals surface area contributed by atoms with Crippen LogP contribution in [0.4, 0.5) is 0 Å². The van der Waals surface area contributed by atoms with E-state index in [0.29, 0.717) is 32.7 Å². The van der Waals surface area contributed by atoms with E-state index in [2.05, 4.69) is 4.98 Å². The second-order valence-electron chi connectivity index (χ2n) is 7.64. The molecule has 3 fully saturated rings. The Balaban J connectivity index is 1.34. The molecule has 1 aromatic heterocycles. The Labute approximate surface area is 159 Å². The van der Waals surface area contributed by atoms with Gasteiger partial charge in [0.2, 0.25) is 11.8 Å². The van der Waals surface area contributed by atoms with Crippen LogP contribution < -0.4 is 4.74 Å². The lowest BCUT2D eigenvalue weighted by Crippen LogP contribution is -2.47. The first-order valence-electron chi connectivity index (χ1n) is 9.93. The smallest absolute Gasteiger partial charge is 0.228 e. The molecule has 3 aliphatic rings. The average molecular weight is 373 g/mol. The number of hydrogen-bond donors (Lipinski definition) is 0. The highest BCUT2D eigenvalue weighted by Crippen LogP contribution is 2.27. The van der Waals surface area contributed by atoms with Crippen LogP contribution in [0.5, 0.6) is 5.75 Å². The normalized spacial score (nSPS) is 27.0. The van der Waals surface area contributed by atoms with E-state index < -0.39 is 0 Å². The maximum Gasteiger partial charge on any atom is 0.228 e. The van der Waals surface area contributed by atoms with Crippen molar-refractivity contribution >= 4 is 11.8 Å². The van der Waals surface area contributed by atoms with Crippen molar-refractivity contribution in [2.45, 2.75) is 44.2 Å². The zero-order valence-electron chi connectivity index (χ0n) is 15.6. The van der Waals surface area contributed by atoms with E-state index in [4.69, 9.17) is 9.47 Å². The molecule has 0 spiro atoms. The van der Waals surface area contributed by atoms with E-state index in [1.54, 1.807) is 12.4 Å². The Morgan fingerprint density at radius 1 is 1.15 bits per heavy atom. The van der Waals surface area contributed by atoms with Crippen LogP contribution in [0.25, 0.3) is 0 Å². The lowest BCUT2D eigenvalue weighted by molar-refractivity contribution is -0.138. The number of aromatic nitrogens is 1. The molecule has 27 heavy (non-hydrogen) atoms. The van der Waals surface area contributed by atoms with Gasteiger partial charge >= 0.3 is 0 Å². The molecule has 0 bridgehead atoms. The molecule has 3 aliphatic heterocycles. The molecule has 2 unspecified atom stereocenters. The van der Waals surface area contributed by atoms with Crippen molar-refractivity contribution < 1.29 is 19.1 Å². The van der Waals surface area contributed by atoms with E-state index in [1.165, 1.54) is 0 Å². The number of amides is 2. The maximum atomic E-state index is 13.0. The molecular formula is C20H27N3O4. The molecule has 7 nitrogen and oxygen atoms in total. The standard InChI is InChI=1S/C20H27N3O4/c24-19-12-15(13-23(19)16-5-10-26-11-6-16)20(25)22-9-1-2-18(14-22)27-17-3-7-21-8-4-17/h3-4,7-8,15-16,18H,1-2,5-6,9-14H2. The zero-order chi connectivity index (χ0) is 18.6. The van der Waals surface area contributed by atoms with Crippen LogP contribution in [0.1, 0.15) is 32.1 Å². The fraction of sp³-hybridized carbons (Fsp3) is 0.650. The largest absolute Gasteiger partial charge is 0.488 e. The number of likely N-dealkylation sites (tertiary alicyclic amines) is 2. The number of carbonyl (C=O) groups is 2. The van der Waals surface area contributed by atoms with Gasteiger partial charge in [0.1, 0.15) is 11.9 Å². The van der Waals surface area contributed by atoms with E-state index in [1.807, 2.05) is 21.9 Å². The fourth-order valence-electron chi connectivity index (χ4n) is 4.35. The van der Waals surface area contributed by atoms with Gasteiger partial charge in [-0.3, -0.25) is 14.6 Å². The van der Waals surface area contributed by atoms with Gasteiger partial charge in [0.05, 0.1) is 12.5 Å². The predicted octanol–water partition coefficient (Wildman–Crippen LogP) is 1.48. The van der Waals surface area contributed by atoms with Crippen molar-refractivity contribution in [3.8, 4) is 5.75 Å². The predicted molar refractivity (Wildman–Crippen MR) is 98.1 cm³/mol. The number of nitrogens with zero attached hydrogens (tertiary/aromatic N) is 3. The van der Waals surface area contributed by atoms with Gasteiger partial charge in [-0.1, -0.05) is 0 Å². The summed E-state index contributed by atoms with van der Waals surface area (Å²) in [6.07, 6.45) is 7.34. The highest BCUT2D eigenvalue weighted by atomic mass is 16.5. The quantitative estimate of drug-likeness (QED) is 0.799. The van der Waals surface area contributed by atoms with Crippen LogP contribution in [-0.4, -0.2) is 71.6 Å². The van der Waals surface area contributed by atoms with Crippen LogP contribution in [-0.2, 0) is 14.3 Å². The topological polar surface area (TPSA) is 72.0 Å². The molecule has 0 aromatic carbocycles. The third-order valence-electron chi connectivity index (χ3n) is 5.78. The Bertz CT molecular complexity index is 662.